The fraction of sp³-hybridized carbons (Fsp3) is 0.286. The van der Waals surface area contributed by atoms with Crippen molar-refractivity contribution in [3.8, 4) is 6.07 Å². The molecule has 0 N–H and O–H groups in total. The third-order valence-corrected chi connectivity index (χ3v) is 2.36. The fourth-order valence-corrected chi connectivity index (χ4v) is 1.55. The fourth-order valence-electron chi connectivity index (χ4n) is 1.55. The van der Waals surface area contributed by atoms with Crippen LogP contribution in [0.4, 0.5) is 0 Å². The van der Waals surface area contributed by atoms with Crippen molar-refractivity contribution >= 4 is 10.8 Å². The van der Waals surface area contributed by atoms with E-state index in [0.29, 0.717) is 0 Å². The normalized spacial score (nSPS) is 11.1. The maximum Gasteiger partial charge on any atom is 0.0705 e. The van der Waals surface area contributed by atoms with Gasteiger partial charge in [-0.3, -0.25) is 4.98 Å². The average molecular weight is 212 g/mol. The van der Waals surface area contributed by atoms with Gasteiger partial charge in [0, 0.05) is 17.8 Å². The highest BCUT2D eigenvalue weighted by molar-refractivity contribution is 5.85. The molecule has 82 valence electrons. The topological polar surface area (TPSA) is 36.7 Å². The molecule has 0 aliphatic rings. The van der Waals surface area contributed by atoms with E-state index in [2.05, 4.69) is 11.1 Å². The number of rotatable bonds is 1. The molecule has 2 nitrogen and oxygen atoms in total. The molecule has 16 heavy (non-hydrogen) atoms. The number of hydrogen-bond acceptors (Lipinski definition) is 2. The predicted octanol–water partition coefficient (Wildman–Crippen LogP) is 3.89. The van der Waals surface area contributed by atoms with Gasteiger partial charge in [-0.25, -0.2) is 0 Å². The summed E-state index contributed by atoms with van der Waals surface area (Å²) in [6.45, 7) is 5.89. The molecule has 0 bridgehead atoms. The SMILES string of the molecule is CC.CC(C#N)c1cncc2ccccc12. The minimum absolute atomic E-state index is 0.103. The Balaban J connectivity index is 0.000000606. The van der Waals surface area contributed by atoms with Crippen molar-refractivity contribution in [1.29, 1.82) is 5.26 Å². The van der Waals surface area contributed by atoms with E-state index < -0.39 is 0 Å². The van der Waals surface area contributed by atoms with E-state index in [0.717, 1.165) is 16.3 Å². The summed E-state index contributed by atoms with van der Waals surface area (Å²) in [6.07, 6.45) is 3.60. The van der Waals surface area contributed by atoms with Crippen molar-refractivity contribution in [2.24, 2.45) is 0 Å². The summed E-state index contributed by atoms with van der Waals surface area (Å²) in [7, 11) is 0. The lowest BCUT2D eigenvalue weighted by Crippen LogP contribution is -1.92. The van der Waals surface area contributed by atoms with E-state index in [1.807, 2.05) is 51.2 Å². The van der Waals surface area contributed by atoms with Crippen molar-refractivity contribution < 1.29 is 0 Å². The first-order valence-corrected chi connectivity index (χ1v) is 5.55. The number of aromatic nitrogens is 1. The van der Waals surface area contributed by atoms with Crippen LogP contribution in [-0.4, -0.2) is 4.98 Å². The van der Waals surface area contributed by atoms with Gasteiger partial charge in [0.2, 0.25) is 0 Å². The minimum Gasteiger partial charge on any atom is -0.264 e. The first kappa shape index (κ1) is 12.2. The van der Waals surface area contributed by atoms with Gasteiger partial charge >= 0.3 is 0 Å². The van der Waals surface area contributed by atoms with Crippen molar-refractivity contribution in [3.63, 3.8) is 0 Å². The van der Waals surface area contributed by atoms with Gasteiger partial charge in [0.25, 0.3) is 0 Å². The largest absolute Gasteiger partial charge is 0.264 e. The molecule has 0 fully saturated rings. The highest BCUT2D eigenvalue weighted by Gasteiger charge is 2.07. The van der Waals surface area contributed by atoms with Crippen LogP contribution in [0.5, 0.6) is 0 Å². The lowest BCUT2D eigenvalue weighted by molar-refractivity contribution is 0.981. The van der Waals surface area contributed by atoms with Crippen molar-refractivity contribution in [2.75, 3.05) is 0 Å². The Morgan fingerprint density at radius 1 is 1.19 bits per heavy atom. The van der Waals surface area contributed by atoms with E-state index >= 15 is 0 Å². The summed E-state index contributed by atoms with van der Waals surface area (Å²) in [5, 5.41) is 11.1. The van der Waals surface area contributed by atoms with Crippen LogP contribution in [0.1, 0.15) is 32.3 Å². The van der Waals surface area contributed by atoms with Crippen LogP contribution in [0, 0.1) is 11.3 Å². The second-order valence-corrected chi connectivity index (χ2v) is 3.30. The van der Waals surface area contributed by atoms with Gasteiger partial charge < -0.3 is 0 Å². The van der Waals surface area contributed by atoms with Crippen molar-refractivity contribution in [2.45, 2.75) is 26.7 Å². The van der Waals surface area contributed by atoms with Crippen molar-refractivity contribution in [3.05, 3.63) is 42.2 Å². The molecule has 2 rings (SSSR count). The van der Waals surface area contributed by atoms with Crippen LogP contribution in [-0.2, 0) is 0 Å². The average Bonchev–Trinajstić information content (AvgIpc) is 2.39. The Morgan fingerprint density at radius 3 is 2.56 bits per heavy atom. The van der Waals surface area contributed by atoms with Crippen LogP contribution < -0.4 is 0 Å². The van der Waals surface area contributed by atoms with Gasteiger partial charge in [-0.1, -0.05) is 38.1 Å². The smallest absolute Gasteiger partial charge is 0.0705 e. The van der Waals surface area contributed by atoms with E-state index in [1.165, 1.54) is 0 Å². The molecule has 0 radical (unpaired) electrons. The van der Waals surface area contributed by atoms with Gasteiger partial charge in [-0.15, -0.1) is 0 Å². The lowest BCUT2D eigenvalue weighted by atomic mass is 9.99. The maximum absolute atomic E-state index is 8.87. The number of benzene rings is 1. The molecule has 0 spiro atoms. The Morgan fingerprint density at radius 2 is 1.88 bits per heavy atom. The summed E-state index contributed by atoms with van der Waals surface area (Å²) in [4.78, 5) is 4.13. The monoisotopic (exact) mass is 212 g/mol. The van der Waals surface area contributed by atoms with E-state index in [-0.39, 0.29) is 5.92 Å². The number of nitriles is 1. The van der Waals surface area contributed by atoms with Gasteiger partial charge in [-0.05, 0) is 17.9 Å². The third kappa shape index (κ3) is 2.38. The van der Waals surface area contributed by atoms with Gasteiger partial charge in [0.05, 0.1) is 12.0 Å². The van der Waals surface area contributed by atoms with Crippen LogP contribution in [0.3, 0.4) is 0 Å². The predicted molar refractivity (Wildman–Crippen MR) is 67.1 cm³/mol. The molecule has 0 saturated heterocycles. The van der Waals surface area contributed by atoms with E-state index in [4.69, 9.17) is 5.26 Å². The molecule has 0 amide bonds. The molecule has 1 aromatic heterocycles. The van der Waals surface area contributed by atoms with Crippen LogP contribution >= 0.6 is 0 Å². The second kappa shape index (κ2) is 5.87. The summed E-state index contributed by atoms with van der Waals surface area (Å²) in [6, 6.07) is 10.2. The summed E-state index contributed by atoms with van der Waals surface area (Å²) < 4.78 is 0. The minimum atomic E-state index is -0.103. The summed E-state index contributed by atoms with van der Waals surface area (Å²) in [5.41, 5.74) is 1.01. The molecule has 0 saturated carbocycles. The molecule has 0 aliphatic carbocycles. The molecular formula is C14H16N2. The molecule has 1 heterocycles. The third-order valence-electron chi connectivity index (χ3n) is 2.36. The Hall–Kier alpha value is -1.88. The lowest BCUT2D eigenvalue weighted by Gasteiger charge is -2.06. The van der Waals surface area contributed by atoms with E-state index in [9.17, 15) is 0 Å². The Labute approximate surface area is 96.6 Å². The zero-order chi connectivity index (χ0) is 12.0. The molecule has 1 unspecified atom stereocenters. The van der Waals surface area contributed by atoms with Gasteiger partial charge in [0.1, 0.15) is 0 Å². The van der Waals surface area contributed by atoms with Crippen molar-refractivity contribution in [1.82, 2.24) is 4.98 Å². The van der Waals surface area contributed by atoms with Gasteiger partial charge in [0.15, 0.2) is 0 Å². The summed E-state index contributed by atoms with van der Waals surface area (Å²) >= 11 is 0. The molecule has 1 aromatic carbocycles. The zero-order valence-electron chi connectivity index (χ0n) is 9.94. The number of hydrogen-bond donors (Lipinski definition) is 0. The first-order chi connectivity index (χ1) is 7.83. The second-order valence-electron chi connectivity index (χ2n) is 3.30. The quantitative estimate of drug-likeness (QED) is 0.719. The number of fused-ring (bicyclic) bond motifs is 1. The molecule has 0 aliphatic heterocycles. The van der Waals surface area contributed by atoms with E-state index in [1.54, 1.807) is 6.20 Å². The standard InChI is InChI=1S/C12H10N2.C2H6/c1-9(6-13)12-8-14-7-10-4-2-3-5-11(10)12;1-2/h2-5,7-9H,1H3;1-2H3. The highest BCUT2D eigenvalue weighted by Crippen LogP contribution is 2.23. The molecule has 2 heteroatoms. The van der Waals surface area contributed by atoms with Crippen LogP contribution in [0.2, 0.25) is 0 Å². The Kier molecular flexibility index (Phi) is 4.47. The molecule has 2 aromatic rings. The first-order valence-electron chi connectivity index (χ1n) is 5.55. The molecule has 1 atom stereocenters. The van der Waals surface area contributed by atoms with Crippen LogP contribution in [0.15, 0.2) is 36.7 Å². The maximum atomic E-state index is 8.87. The Bertz CT molecular complexity index is 492. The number of pyridine rings is 1. The zero-order valence-corrected chi connectivity index (χ0v) is 9.94. The summed E-state index contributed by atoms with van der Waals surface area (Å²) in [5.74, 6) is -0.103. The number of nitrogens with zero attached hydrogens (tertiary/aromatic N) is 2. The van der Waals surface area contributed by atoms with Crippen LogP contribution in [0.25, 0.3) is 10.8 Å². The molecular weight excluding hydrogens is 196 g/mol. The highest BCUT2D eigenvalue weighted by atomic mass is 14.6. The van der Waals surface area contributed by atoms with Gasteiger partial charge in [-0.2, -0.15) is 5.26 Å².